The Bertz CT molecular complexity index is 321. The summed E-state index contributed by atoms with van der Waals surface area (Å²) in [5, 5.41) is 14.3. The summed E-state index contributed by atoms with van der Waals surface area (Å²) in [4.78, 5) is 10.5. The highest BCUT2D eigenvalue weighted by Gasteiger charge is 2.15. The average Bonchev–Trinajstić information content (AvgIpc) is 2.87. The van der Waals surface area contributed by atoms with E-state index in [2.05, 4.69) is 23.0 Å². The van der Waals surface area contributed by atoms with E-state index < -0.39 is 5.97 Å². The summed E-state index contributed by atoms with van der Waals surface area (Å²) in [7, 11) is 0. The van der Waals surface area contributed by atoms with Gasteiger partial charge in [0.05, 0.1) is 0 Å². The summed E-state index contributed by atoms with van der Waals surface area (Å²) in [6.07, 6.45) is 13.0. The molecule has 1 aliphatic heterocycles. The maximum absolute atomic E-state index is 10.5. The number of carbonyl (C=O) groups is 1. The Balaban J connectivity index is 1.84. The lowest BCUT2D eigenvalue weighted by Gasteiger charge is -2.15. The SMILES string of the molecule is CCCCCCCCCCCCN1NN=C(CC(=O)O)N1. The number of nitrogens with zero attached hydrogens (tertiary/aromatic N) is 2. The highest BCUT2D eigenvalue weighted by atomic mass is 16.4. The standard InChI is InChI=1S/C15H30N4O2/c1-2-3-4-5-6-7-8-9-10-11-12-19-17-14(16-18-19)13-15(20)21/h18H,2-13H2,1H3,(H,16,17)(H,20,21). The number of hydrogen-bond donors (Lipinski definition) is 3. The fourth-order valence-electron chi connectivity index (χ4n) is 2.41. The second-order valence-electron chi connectivity index (χ2n) is 5.67. The minimum atomic E-state index is -0.871. The first-order valence-electron chi connectivity index (χ1n) is 8.30. The molecule has 6 heteroatoms. The fraction of sp³-hybridized carbons (Fsp3) is 0.867. The van der Waals surface area contributed by atoms with Crippen LogP contribution in [0, 0.1) is 0 Å². The first kappa shape index (κ1) is 17.8. The van der Waals surface area contributed by atoms with Crippen LogP contribution in [0.5, 0.6) is 0 Å². The zero-order valence-corrected chi connectivity index (χ0v) is 13.2. The van der Waals surface area contributed by atoms with E-state index in [-0.39, 0.29) is 6.42 Å². The molecule has 0 saturated heterocycles. The summed E-state index contributed by atoms with van der Waals surface area (Å²) in [5.74, 6) is -0.404. The number of hydrazone groups is 1. The fourth-order valence-corrected chi connectivity index (χ4v) is 2.41. The molecule has 1 rings (SSSR count). The van der Waals surface area contributed by atoms with Gasteiger partial charge in [-0.3, -0.25) is 10.2 Å². The molecule has 0 spiro atoms. The van der Waals surface area contributed by atoms with E-state index in [1.807, 2.05) is 0 Å². The lowest BCUT2D eigenvalue weighted by Crippen LogP contribution is -2.42. The third-order valence-corrected chi connectivity index (χ3v) is 3.62. The van der Waals surface area contributed by atoms with Gasteiger partial charge in [0.1, 0.15) is 6.42 Å². The molecule has 0 aromatic heterocycles. The number of aliphatic carboxylic acids is 1. The normalized spacial score (nSPS) is 14.6. The smallest absolute Gasteiger partial charge is 0.311 e. The monoisotopic (exact) mass is 298 g/mol. The topological polar surface area (TPSA) is 77.0 Å². The Kier molecular flexibility index (Phi) is 9.61. The molecule has 0 aliphatic carbocycles. The number of hydrogen-bond acceptors (Lipinski definition) is 5. The van der Waals surface area contributed by atoms with E-state index in [0.717, 1.165) is 13.0 Å². The van der Waals surface area contributed by atoms with Crippen molar-refractivity contribution in [2.24, 2.45) is 5.10 Å². The maximum atomic E-state index is 10.5. The van der Waals surface area contributed by atoms with Gasteiger partial charge < -0.3 is 5.11 Å². The molecule has 1 aliphatic rings. The van der Waals surface area contributed by atoms with E-state index in [0.29, 0.717) is 5.84 Å². The molecule has 0 amide bonds. The number of hydrazine groups is 2. The van der Waals surface area contributed by atoms with Gasteiger partial charge in [-0.15, -0.1) is 10.2 Å². The van der Waals surface area contributed by atoms with Crippen molar-refractivity contribution in [3.63, 3.8) is 0 Å². The van der Waals surface area contributed by atoms with Crippen LogP contribution in [0.3, 0.4) is 0 Å². The first-order chi connectivity index (χ1) is 10.2. The van der Waals surface area contributed by atoms with Gasteiger partial charge in [-0.05, 0) is 6.42 Å². The summed E-state index contributed by atoms with van der Waals surface area (Å²) in [6, 6.07) is 0. The second-order valence-corrected chi connectivity index (χ2v) is 5.67. The Morgan fingerprint density at radius 2 is 1.62 bits per heavy atom. The van der Waals surface area contributed by atoms with E-state index in [9.17, 15) is 4.79 Å². The third kappa shape index (κ3) is 9.28. The molecule has 21 heavy (non-hydrogen) atoms. The van der Waals surface area contributed by atoms with Crippen LogP contribution in [-0.2, 0) is 4.79 Å². The molecule has 122 valence electrons. The predicted octanol–water partition coefficient (Wildman–Crippen LogP) is 3.02. The van der Waals surface area contributed by atoms with Gasteiger partial charge in [0.25, 0.3) is 0 Å². The maximum Gasteiger partial charge on any atom is 0.311 e. The van der Waals surface area contributed by atoms with Crippen molar-refractivity contribution < 1.29 is 9.90 Å². The van der Waals surface area contributed by atoms with Crippen molar-refractivity contribution in [3.05, 3.63) is 0 Å². The molecule has 6 nitrogen and oxygen atoms in total. The molecule has 0 unspecified atom stereocenters. The van der Waals surface area contributed by atoms with Crippen LogP contribution in [-0.4, -0.2) is 28.6 Å². The number of carboxylic acid groups (broad SMARTS) is 1. The van der Waals surface area contributed by atoms with Crippen molar-refractivity contribution in [2.75, 3.05) is 6.54 Å². The van der Waals surface area contributed by atoms with Crippen LogP contribution in [0.15, 0.2) is 5.10 Å². The van der Waals surface area contributed by atoms with Gasteiger partial charge >= 0.3 is 5.97 Å². The lowest BCUT2D eigenvalue weighted by atomic mass is 10.1. The van der Waals surface area contributed by atoms with Gasteiger partial charge in [-0.1, -0.05) is 64.7 Å². The Labute approximate surface area is 127 Å². The minimum Gasteiger partial charge on any atom is -0.481 e. The van der Waals surface area contributed by atoms with Crippen LogP contribution < -0.4 is 11.0 Å². The molecule has 0 bridgehead atoms. The molecule has 0 radical (unpaired) electrons. The van der Waals surface area contributed by atoms with E-state index in [1.165, 1.54) is 57.8 Å². The minimum absolute atomic E-state index is 0.0679. The molecule has 0 saturated carbocycles. The molecule has 0 atom stereocenters. The number of rotatable bonds is 13. The number of nitrogens with one attached hydrogen (secondary N) is 2. The van der Waals surface area contributed by atoms with Crippen molar-refractivity contribution in [1.29, 1.82) is 0 Å². The highest BCUT2D eigenvalue weighted by molar-refractivity contribution is 5.96. The van der Waals surface area contributed by atoms with E-state index >= 15 is 0 Å². The van der Waals surface area contributed by atoms with Crippen LogP contribution in [0.1, 0.15) is 77.6 Å². The number of amidine groups is 1. The summed E-state index contributed by atoms with van der Waals surface area (Å²) >= 11 is 0. The van der Waals surface area contributed by atoms with Crippen molar-refractivity contribution in [2.45, 2.75) is 77.6 Å². The van der Waals surface area contributed by atoms with Crippen molar-refractivity contribution in [3.8, 4) is 0 Å². The van der Waals surface area contributed by atoms with Gasteiger partial charge in [-0.2, -0.15) is 0 Å². The Morgan fingerprint density at radius 1 is 1.05 bits per heavy atom. The Morgan fingerprint density at radius 3 is 2.19 bits per heavy atom. The van der Waals surface area contributed by atoms with Crippen LogP contribution in [0.2, 0.25) is 0 Å². The average molecular weight is 298 g/mol. The van der Waals surface area contributed by atoms with Crippen molar-refractivity contribution >= 4 is 11.8 Å². The largest absolute Gasteiger partial charge is 0.481 e. The van der Waals surface area contributed by atoms with Crippen LogP contribution in [0.25, 0.3) is 0 Å². The van der Waals surface area contributed by atoms with E-state index in [1.54, 1.807) is 5.12 Å². The second kappa shape index (κ2) is 11.4. The van der Waals surface area contributed by atoms with Crippen LogP contribution >= 0.6 is 0 Å². The van der Waals surface area contributed by atoms with Gasteiger partial charge in [0.2, 0.25) is 0 Å². The molecule has 0 aromatic rings. The van der Waals surface area contributed by atoms with Gasteiger partial charge in [0.15, 0.2) is 5.84 Å². The summed E-state index contributed by atoms with van der Waals surface area (Å²) in [5.41, 5.74) is 5.73. The predicted molar refractivity (Wildman–Crippen MR) is 84.5 cm³/mol. The Hall–Kier alpha value is -1.30. The van der Waals surface area contributed by atoms with Gasteiger partial charge in [0, 0.05) is 6.54 Å². The molecular formula is C15H30N4O2. The molecule has 0 fully saturated rings. The summed E-state index contributed by atoms with van der Waals surface area (Å²) < 4.78 is 0. The quantitative estimate of drug-likeness (QED) is 0.456. The zero-order valence-electron chi connectivity index (χ0n) is 13.2. The van der Waals surface area contributed by atoms with Crippen LogP contribution in [0.4, 0.5) is 0 Å². The zero-order chi connectivity index (χ0) is 15.3. The molecule has 1 heterocycles. The molecule has 3 N–H and O–H groups in total. The summed E-state index contributed by atoms with van der Waals surface area (Å²) in [6.45, 7) is 3.09. The third-order valence-electron chi connectivity index (χ3n) is 3.62. The molecular weight excluding hydrogens is 268 g/mol. The van der Waals surface area contributed by atoms with Gasteiger partial charge in [-0.25, -0.2) is 5.53 Å². The lowest BCUT2D eigenvalue weighted by molar-refractivity contribution is -0.135. The van der Waals surface area contributed by atoms with E-state index in [4.69, 9.17) is 5.11 Å². The van der Waals surface area contributed by atoms with Crippen molar-refractivity contribution in [1.82, 2.24) is 16.1 Å². The molecule has 0 aromatic carbocycles. The number of carboxylic acids is 1. The highest BCUT2D eigenvalue weighted by Crippen LogP contribution is 2.10. The first-order valence-corrected chi connectivity index (χ1v) is 8.30. The number of unbranched alkanes of at least 4 members (excludes halogenated alkanes) is 9.